The van der Waals surface area contributed by atoms with Crippen molar-refractivity contribution in [2.75, 3.05) is 39.5 Å². The molecule has 0 saturated carbocycles. The lowest BCUT2D eigenvalue weighted by Crippen LogP contribution is -2.38. The summed E-state index contributed by atoms with van der Waals surface area (Å²) in [7, 11) is 0. The van der Waals surface area contributed by atoms with Gasteiger partial charge in [-0.2, -0.15) is 0 Å². The molecule has 0 bridgehead atoms. The molecule has 2 N–H and O–H groups in total. The van der Waals surface area contributed by atoms with Gasteiger partial charge in [0.15, 0.2) is 0 Å². The van der Waals surface area contributed by atoms with E-state index < -0.39 is 0 Å². The lowest BCUT2D eigenvalue weighted by atomic mass is 10.1. The van der Waals surface area contributed by atoms with Crippen LogP contribution in [0.1, 0.15) is 27.2 Å². The second kappa shape index (κ2) is 9.32. The zero-order chi connectivity index (χ0) is 20.9. The van der Waals surface area contributed by atoms with E-state index in [1.807, 2.05) is 49.4 Å². The van der Waals surface area contributed by atoms with Crippen molar-refractivity contribution >= 4 is 16.8 Å². The fraction of sp³-hybridized carbons (Fsp3) is 0.375. The van der Waals surface area contributed by atoms with E-state index in [4.69, 9.17) is 9.47 Å². The van der Waals surface area contributed by atoms with E-state index >= 15 is 0 Å². The first-order valence-corrected chi connectivity index (χ1v) is 10.5. The summed E-state index contributed by atoms with van der Waals surface area (Å²) in [5.41, 5.74) is 5.06. The van der Waals surface area contributed by atoms with E-state index in [0.717, 1.165) is 60.8 Å². The fourth-order valence-electron chi connectivity index (χ4n) is 3.75. The van der Waals surface area contributed by atoms with Crippen LogP contribution in [-0.4, -0.2) is 55.2 Å². The number of carbonyl (C=O) groups is 1. The molecule has 0 atom stereocenters. The number of morpholine rings is 1. The summed E-state index contributed by atoms with van der Waals surface area (Å²) >= 11 is 0. The summed E-state index contributed by atoms with van der Waals surface area (Å²) in [6.07, 6.45) is 0. The third-order valence-corrected chi connectivity index (χ3v) is 5.70. The van der Waals surface area contributed by atoms with E-state index in [1.54, 1.807) is 0 Å². The lowest BCUT2D eigenvalue weighted by molar-refractivity contribution is 0.0322. The number of carbonyl (C=O) groups excluding carboxylic acids is 1. The van der Waals surface area contributed by atoms with Gasteiger partial charge in [-0.1, -0.05) is 12.1 Å². The van der Waals surface area contributed by atoms with Crippen LogP contribution in [0.25, 0.3) is 10.9 Å². The molecule has 6 nitrogen and oxygen atoms in total. The van der Waals surface area contributed by atoms with Crippen LogP contribution in [0.2, 0.25) is 0 Å². The fourth-order valence-corrected chi connectivity index (χ4v) is 3.75. The Kier molecular flexibility index (Phi) is 6.35. The second-order valence-corrected chi connectivity index (χ2v) is 7.77. The van der Waals surface area contributed by atoms with Crippen LogP contribution in [-0.2, 0) is 11.3 Å². The van der Waals surface area contributed by atoms with E-state index in [-0.39, 0.29) is 5.91 Å². The highest BCUT2D eigenvalue weighted by atomic mass is 16.5. The molecule has 1 fully saturated rings. The normalized spacial score (nSPS) is 14.7. The standard InChI is InChI=1S/C24H29N3O3/c1-17-18(2)26-23-7-6-20(15-22(17)23)24(28)25-16-19-4-3-5-21(14-19)30-13-10-27-8-11-29-12-9-27/h3-7,14-15,26H,8-13,16H2,1-2H3,(H,25,28). The van der Waals surface area contributed by atoms with Gasteiger partial charge >= 0.3 is 0 Å². The predicted molar refractivity (Wildman–Crippen MR) is 118 cm³/mol. The molecule has 1 aliphatic rings. The summed E-state index contributed by atoms with van der Waals surface area (Å²) in [5, 5.41) is 4.11. The van der Waals surface area contributed by atoms with Crippen molar-refractivity contribution < 1.29 is 14.3 Å². The minimum atomic E-state index is -0.0752. The van der Waals surface area contributed by atoms with Crippen molar-refractivity contribution in [2.24, 2.45) is 0 Å². The van der Waals surface area contributed by atoms with Crippen molar-refractivity contribution in [2.45, 2.75) is 20.4 Å². The van der Waals surface area contributed by atoms with Crippen LogP contribution >= 0.6 is 0 Å². The third-order valence-electron chi connectivity index (χ3n) is 5.70. The summed E-state index contributed by atoms with van der Waals surface area (Å²) in [6, 6.07) is 13.7. The smallest absolute Gasteiger partial charge is 0.251 e. The van der Waals surface area contributed by atoms with E-state index in [1.165, 1.54) is 5.56 Å². The van der Waals surface area contributed by atoms with Crippen LogP contribution in [0.15, 0.2) is 42.5 Å². The number of H-pyrrole nitrogens is 1. The zero-order valence-corrected chi connectivity index (χ0v) is 17.7. The average Bonchev–Trinajstić information content (AvgIpc) is 3.06. The Hall–Kier alpha value is -2.83. The number of nitrogens with one attached hydrogen (secondary N) is 2. The number of amides is 1. The van der Waals surface area contributed by atoms with E-state index in [0.29, 0.717) is 18.7 Å². The first-order chi connectivity index (χ1) is 14.6. The van der Waals surface area contributed by atoms with Gasteiger partial charge < -0.3 is 19.8 Å². The van der Waals surface area contributed by atoms with Crippen LogP contribution in [0.4, 0.5) is 0 Å². The van der Waals surface area contributed by atoms with E-state index in [2.05, 4.69) is 22.1 Å². The van der Waals surface area contributed by atoms with Crippen molar-refractivity contribution in [3.63, 3.8) is 0 Å². The molecule has 2 aromatic carbocycles. The minimum Gasteiger partial charge on any atom is -0.492 e. The number of nitrogens with zero attached hydrogens (tertiary/aromatic N) is 1. The maximum atomic E-state index is 12.6. The highest BCUT2D eigenvalue weighted by molar-refractivity contribution is 5.99. The minimum absolute atomic E-state index is 0.0752. The average molecular weight is 408 g/mol. The molecular weight excluding hydrogens is 378 g/mol. The summed E-state index contributed by atoms with van der Waals surface area (Å²) in [4.78, 5) is 18.3. The summed E-state index contributed by atoms with van der Waals surface area (Å²) in [5.74, 6) is 0.753. The summed E-state index contributed by atoms with van der Waals surface area (Å²) in [6.45, 7) is 9.63. The highest BCUT2D eigenvalue weighted by Crippen LogP contribution is 2.22. The molecule has 1 saturated heterocycles. The molecule has 30 heavy (non-hydrogen) atoms. The molecule has 1 aromatic heterocycles. The molecular formula is C24H29N3O3. The quantitative estimate of drug-likeness (QED) is 0.630. The molecule has 2 heterocycles. The van der Waals surface area contributed by atoms with Crippen molar-refractivity contribution in [3.8, 4) is 5.75 Å². The molecule has 4 rings (SSSR count). The van der Waals surface area contributed by atoms with Crippen LogP contribution < -0.4 is 10.1 Å². The number of hydrogen-bond donors (Lipinski definition) is 2. The molecule has 0 radical (unpaired) electrons. The topological polar surface area (TPSA) is 66.6 Å². The Bertz CT molecular complexity index is 1020. The van der Waals surface area contributed by atoms with Gasteiger partial charge in [-0.3, -0.25) is 9.69 Å². The monoisotopic (exact) mass is 407 g/mol. The molecule has 158 valence electrons. The first kappa shape index (κ1) is 20.4. The molecule has 0 aliphatic carbocycles. The molecule has 1 amide bonds. The molecule has 1 aliphatic heterocycles. The van der Waals surface area contributed by atoms with Crippen LogP contribution in [0, 0.1) is 13.8 Å². The SMILES string of the molecule is Cc1[nH]c2ccc(C(=O)NCc3cccc(OCCN4CCOCC4)c3)cc2c1C. The van der Waals surface area contributed by atoms with Gasteiger partial charge in [0.25, 0.3) is 5.91 Å². The van der Waals surface area contributed by atoms with Gasteiger partial charge in [-0.15, -0.1) is 0 Å². The number of benzene rings is 2. The molecule has 0 spiro atoms. The number of fused-ring (bicyclic) bond motifs is 1. The zero-order valence-electron chi connectivity index (χ0n) is 17.7. The first-order valence-electron chi connectivity index (χ1n) is 10.5. The van der Waals surface area contributed by atoms with Crippen LogP contribution in [0.3, 0.4) is 0 Å². The third kappa shape index (κ3) is 4.83. The van der Waals surface area contributed by atoms with Gasteiger partial charge in [-0.25, -0.2) is 0 Å². The second-order valence-electron chi connectivity index (χ2n) is 7.77. The lowest BCUT2D eigenvalue weighted by Gasteiger charge is -2.26. The number of aromatic amines is 1. The Morgan fingerprint density at radius 2 is 2.00 bits per heavy atom. The molecule has 3 aromatic rings. The Morgan fingerprint density at radius 1 is 1.17 bits per heavy atom. The Labute approximate surface area is 177 Å². The predicted octanol–water partition coefficient (Wildman–Crippen LogP) is 3.43. The maximum Gasteiger partial charge on any atom is 0.251 e. The Morgan fingerprint density at radius 3 is 2.83 bits per heavy atom. The van der Waals surface area contributed by atoms with Gasteiger partial charge in [0.2, 0.25) is 0 Å². The highest BCUT2D eigenvalue weighted by Gasteiger charge is 2.11. The van der Waals surface area contributed by atoms with Gasteiger partial charge in [0.1, 0.15) is 12.4 Å². The van der Waals surface area contributed by atoms with Crippen molar-refractivity contribution in [1.29, 1.82) is 0 Å². The van der Waals surface area contributed by atoms with Gasteiger partial charge in [-0.05, 0) is 55.3 Å². The number of aromatic nitrogens is 1. The molecule has 0 unspecified atom stereocenters. The van der Waals surface area contributed by atoms with Gasteiger partial charge in [0, 0.05) is 48.3 Å². The number of hydrogen-bond acceptors (Lipinski definition) is 4. The Balaban J connectivity index is 1.31. The van der Waals surface area contributed by atoms with Crippen LogP contribution in [0.5, 0.6) is 5.75 Å². The maximum absolute atomic E-state index is 12.6. The molecule has 6 heteroatoms. The largest absolute Gasteiger partial charge is 0.492 e. The number of rotatable bonds is 7. The summed E-state index contributed by atoms with van der Waals surface area (Å²) < 4.78 is 11.3. The van der Waals surface area contributed by atoms with Crippen molar-refractivity contribution in [3.05, 3.63) is 64.8 Å². The number of aryl methyl sites for hydroxylation is 2. The van der Waals surface area contributed by atoms with E-state index in [9.17, 15) is 4.79 Å². The van der Waals surface area contributed by atoms with Gasteiger partial charge in [0.05, 0.1) is 13.2 Å². The van der Waals surface area contributed by atoms with Crippen molar-refractivity contribution in [1.82, 2.24) is 15.2 Å². The number of ether oxygens (including phenoxy) is 2.